The van der Waals surface area contributed by atoms with Crippen LogP contribution in [0.15, 0.2) is 55.0 Å². The number of carbonyl (C=O) groups is 1. The lowest BCUT2D eigenvalue weighted by Crippen LogP contribution is -2.16. The highest BCUT2D eigenvalue weighted by atomic mass is 19.1. The number of aromatic nitrogens is 2. The second kappa shape index (κ2) is 15.2. The second-order valence-corrected chi connectivity index (χ2v) is 8.28. The van der Waals surface area contributed by atoms with E-state index in [0.717, 1.165) is 24.8 Å². The van der Waals surface area contributed by atoms with E-state index in [1.165, 1.54) is 25.6 Å². The maximum absolute atomic E-state index is 14.3. The molecule has 4 aromatic rings. The maximum Gasteiger partial charge on any atom is 0.198 e. The molecule has 0 saturated heterocycles. The molecule has 0 radical (unpaired) electrons. The van der Waals surface area contributed by atoms with Gasteiger partial charge in [0.2, 0.25) is 0 Å². The van der Waals surface area contributed by atoms with Gasteiger partial charge in [-0.15, -0.1) is 0 Å². The molecule has 11 heteroatoms. The van der Waals surface area contributed by atoms with E-state index >= 15 is 0 Å². The highest BCUT2D eigenvalue weighted by Gasteiger charge is 2.17. The Morgan fingerprint density at radius 1 is 0.925 bits per heavy atom. The van der Waals surface area contributed by atoms with Gasteiger partial charge in [0, 0.05) is 61.5 Å². The largest absolute Gasteiger partial charge is 0.493 e. The van der Waals surface area contributed by atoms with Crippen molar-refractivity contribution in [3.8, 4) is 28.7 Å². The van der Waals surface area contributed by atoms with E-state index in [4.69, 9.17) is 18.9 Å². The van der Waals surface area contributed by atoms with Crippen LogP contribution in [-0.4, -0.2) is 57.2 Å². The van der Waals surface area contributed by atoms with Crippen LogP contribution in [0.5, 0.6) is 28.7 Å². The quantitative estimate of drug-likeness (QED) is 0.170. The van der Waals surface area contributed by atoms with Gasteiger partial charge in [-0.2, -0.15) is 0 Å². The van der Waals surface area contributed by atoms with E-state index in [9.17, 15) is 13.6 Å². The van der Waals surface area contributed by atoms with Gasteiger partial charge in [-0.25, -0.2) is 8.78 Å². The van der Waals surface area contributed by atoms with Crippen LogP contribution >= 0.6 is 0 Å². The molecule has 2 heterocycles. The minimum Gasteiger partial charge on any atom is -0.493 e. The number of carbonyl (C=O) groups excluding carboxylic acids is 1. The van der Waals surface area contributed by atoms with Crippen LogP contribution in [0.1, 0.15) is 23.7 Å². The number of hydrogen-bond acceptors (Lipinski definition) is 9. The summed E-state index contributed by atoms with van der Waals surface area (Å²) in [6.45, 7) is 3.76. The first kappa shape index (κ1) is 30.0. The van der Waals surface area contributed by atoms with Crippen molar-refractivity contribution in [3.63, 3.8) is 0 Å². The van der Waals surface area contributed by atoms with Crippen molar-refractivity contribution in [2.45, 2.75) is 13.3 Å². The lowest BCUT2D eigenvalue weighted by Gasteiger charge is -2.14. The number of pyridine rings is 2. The fraction of sp³-hybridized carbons (Fsp3) is 0.276. The fourth-order valence-corrected chi connectivity index (χ4v) is 3.49. The zero-order valence-corrected chi connectivity index (χ0v) is 22.8. The number of ether oxygens (including phenoxy) is 4. The van der Waals surface area contributed by atoms with Gasteiger partial charge in [-0.1, -0.05) is 6.92 Å². The molecule has 0 fully saturated rings. The van der Waals surface area contributed by atoms with Crippen LogP contribution in [0.2, 0.25) is 0 Å². The topological polar surface area (TPSA) is 104 Å². The zero-order valence-electron chi connectivity index (χ0n) is 22.8. The van der Waals surface area contributed by atoms with E-state index in [0.29, 0.717) is 59.2 Å². The predicted octanol–water partition coefficient (Wildman–Crippen LogP) is 5.64. The number of fused-ring (bicyclic) bond motifs is 1. The van der Waals surface area contributed by atoms with Crippen LogP contribution < -0.4 is 29.6 Å². The van der Waals surface area contributed by atoms with E-state index < -0.39 is 17.4 Å². The summed E-state index contributed by atoms with van der Waals surface area (Å²) < 4.78 is 50.5. The molecule has 2 aromatic heterocycles. The van der Waals surface area contributed by atoms with Crippen LogP contribution in [0.25, 0.3) is 10.9 Å². The molecule has 0 atom stereocenters. The Kier molecular flexibility index (Phi) is 11.4. The van der Waals surface area contributed by atoms with Crippen molar-refractivity contribution in [3.05, 3.63) is 72.2 Å². The maximum atomic E-state index is 14.3. The number of nitrogens with one attached hydrogen (secondary N) is 2. The minimum absolute atomic E-state index is 0.250. The van der Waals surface area contributed by atoms with Gasteiger partial charge in [-0.05, 0) is 31.7 Å². The van der Waals surface area contributed by atoms with Gasteiger partial charge in [0.1, 0.15) is 18.1 Å². The zero-order chi connectivity index (χ0) is 28.9. The van der Waals surface area contributed by atoms with Gasteiger partial charge in [0.05, 0.1) is 24.8 Å². The number of halogens is 2. The third kappa shape index (κ3) is 7.76. The highest BCUT2D eigenvalue weighted by molar-refractivity contribution is 5.88. The Morgan fingerprint density at radius 2 is 1.65 bits per heavy atom. The molecule has 40 heavy (non-hydrogen) atoms. The van der Waals surface area contributed by atoms with E-state index in [-0.39, 0.29) is 5.75 Å². The molecule has 0 saturated carbocycles. The van der Waals surface area contributed by atoms with Crippen molar-refractivity contribution in [1.82, 2.24) is 15.3 Å². The first-order chi connectivity index (χ1) is 19.4. The summed E-state index contributed by atoms with van der Waals surface area (Å²) in [4.78, 5) is 18.6. The molecule has 4 rings (SSSR count). The smallest absolute Gasteiger partial charge is 0.198 e. The summed E-state index contributed by atoms with van der Waals surface area (Å²) in [5, 5.41) is 6.22. The summed E-state index contributed by atoms with van der Waals surface area (Å²) in [5.74, 6) is -0.262. The van der Waals surface area contributed by atoms with Crippen LogP contribution in [0.4, 0.5) is 14.5 Å². The lowest BCUT2D eigenvalue weighted by atomic mass is 10.1. The molecular weight excluding hydrogens is 522 g/mol. The second-order valence-electron chi connectivity index (χ2n) is 8.28. The Bertz CT molecular complexity index is 1400. The van der Waals surface area contributed by atoms with Crippen molar-refractivity contribution in [1.29, 1.82) is 0 Å². The molecular formula is C29H32F2N4O5. The predicted molar refractivity (Wildman–Crippen MR) is 149 cm³/mol. The number of likely N-dealkylation sites (N-methyl/N-ethyl adjacent to an activating group) is 1. The molecule has 0 spiro atoms. The minimum atomic E-state index is -0.812. The Hall–Kier alpha value is -4.51. The number of rotatable bonds is 12. The molecule has 2 aromatic carbocycles. The summed E-state index contributed by atoms with van der Waals surface area (Å²) >= 11 is 0. The molecule has 212 valence electrons. The Labute approximate surface area is 231 Å². The highest BCUT2D eigenvalue weighted by Crippen LogP contribution is 2.38. The number of hydrogen-bond donors (Lipinski definition) is 2. The Balaban J connectivity index is 0.000000307. The van der Waals surface area contributed by atoms with Crippen molar-refractivity contribution in [2.75, 3.05) is 46.3 Å². The summed E-state index contributed by atoms with van der Waals surface area (Å²) in [5.41, 5.74) is 1.36. The monoisotopic (exact) mass is 554 g/mol. The third-order valence-electron chi connectivity index (χ3n) is 5.49. The van der Waals surface area contributed by atoms with Gasteiger partial charge in [-0.3, -0.25) is 14.8 Å². The molecule has 0 bridgehead atoms. The molecule has 0 amide bonds. The molecule has 9 nitrogen and oxygen atoms in total. The molecule has 0 unspecified atom stereocenters. The average Bonchev–Trinajstić information content (AvgIpc) is 2.98. The number of nitrogens with zero attached hydrogens (tertiary/aromatic N) is 2. The number of methoxy groups -OCH3 is 1. The number of benzene rings is 2. The summed E-state index contributed by atoms with van der Waals surface area (Å²) in [6, 6.07) is 8.93. The normalized spacial score (nSPS) is 10.3. The van der Waals surface area contributed by atoms with Crippen molar-refractivity contribution >= 4 is 22.9 Å². The van der Waals surface area contributed by atoms with E-state index in [2.05, 4.69) is 20.6 Å². The third-order valence-corrected chi connectivity index (χ3v) is 5.49. The summed E-state index contributed by atoms with van der Waals surface area (Å²) in [6.07, 6.45) is 6.29. The Morgan fingerprint density at radius 3 is 2.30 bits per heavy atom. The molecule has 0 aliphatic rings. The van der Waals surface area contributed by atoms with Crippen LogP contribution in [-0.2, 0) is 0 Å². The van der Waals surface area contributed by atoms with Gasteiger partial charge < -0.3 is 29.6 Å². The van der Waals surface area contributed by atoms with Crippen LogP contribution in [0.3, 0.4) is 0 Å². The number of anilines is 1. The molecule has 0 aliphatic heterocycles. The van der Waals surface area contributed by atoms with Gasteiger partial charge >= 0.3 is 0 Å². The van der Waals surface area contributed by atoms with Crippen molar-refractivity contribution in [2.24, 2.45) is 0 Å². The lowest BCUT2D eigenvalue weighted by molar-refractivity contribution is 0.111. The van der Waals surface area contributed by atoms with Gasteiger partial charge in [0.15, 0.2) is 35.2 Å². The fourth-order valence-electron chi connectivity index (χ4n) is 3.49. The average molecular weight is 555 g/mol. The van der Waals surface area contributed by atoms with Crippen LogP contribution in [0, 0.1) is 11.6 Å². The number of aldehydes is 1. The standard InChI is InChI=1S/C20H21F2N3O3.C9H11NO2/c1-23-6-7-27-19-11-16-13(10-18(19)26-3)17(4-5-25-16)28-20-14(21)8-12(24-2)9-15(20)22;1-2-5-12-9-3-4-10-6-8(9)7-11/h4-5,8-11,23-24H,6-7H2,1-3H3;3-4,6-7H,2,5H2,1H3. The van der Waals surface area contributed by atoms with E-state index in [1.807, 2.05) is 14.0 Å². The summed E-state index contributed by atoms with van der Waals surface area (Å²) in [7, 11) is 4.92. The van der Waals surface area contributed by atoms with Crippen molar-refractivity contribution < 1.29 is 32.5 Å². The SMILES string of the molecule is CCCOc1ccncc1C=O.CNCCOc1cc2nccc(Oc3c(F)cc(NC)cc3F)c2cc1OC. The van der Waals surface area contributed by atoms with Gasteiger partial charge in [0.25, 0.3) is 0 Å². The first-order valence-electron chi connectivity index (χ1n) is 12.6. The van der Waals surface area contributed by atoms with E-state index in [1.54, 1.807) is 31.4 Å². The first-order valence-corrected chi connectivity index (χ1v) is 12.6. The molecule has 2 N–H and O–H groups in total. The molecule has 0 aliphatic carbocycles.